The Balaban J connectivity index is 1.51. The molecule has 2 heterocycles. The summed E-state index contributed by atoms with van der Waals surface area (Å²) in [5.74, 6) is 1.55. The van der Waals surface area contributed by atoms with Crippen LogP contribution in [0.4, 0.5) is 17.5 Å². The normalized spacial score (nSPS) is 17.9. The molecule has 1 aliphatic carbocycles. The van der Waals surface area contributed by atoms with Crippen molar-refractivity contribution in [2.24, 2.45) is 0 Å². The molecular weight excluding hydrogens is 274 g/mol. The molecule has 0 radical (unpaired) electrons. The molecule has 0 atom stereocenters. The van der Waals surface area contributed by atoms with Crippen LogP contribution in [-0.4, -0.2) is 34.5 Å². The van der Waals surface area contributed by atoms with Crippen LogP contribution in [0.2, 0.25) is 0 Å². The number of benzene rings is 1. The van der Waals surface area contributed by atoms with Crippen LogP contribution in [0.25, 0.3) is 0 Å². The summed E-state index contributed by atoms with van der Waals surface area (Å²) >= 11 is 0. The van der Waals surface area contributed by atoms with E-state index in [1.165, 1.54) is 24.0 Å². The van der Waals surface area contributed by atoms with Gasteiger partial charge in [-0.1, -0.05) is 6.07 Å². The van der Waals surface area contributed by atoms with Crippen molar-refractivity contribution in [1.82, 2.24) is 14.9 Å². The maximum absolute atomic E-state index is 4.53. The first-order chi connectivity index (χ1) is 10.8. The molecule has 1 aromatic heterocycles. The molecule has 5 nitrogen and oxygen atoms in total. The third-order valence-corrected chi connectivity index (χ3v) is 4.25. The van der Waals surface area contributed by atoms with Gasteiger partial charge in [0.15, 0.2) is 0 Å². The summed E-state index contributed by atoms with van der Waals surface area (Å²) in [7, 11) is 2.17. The number of hydrogen-bond acceptors (Lipinski definition) is 5. The van der Waals surface area contributed by atoms with E-state index < -0.39 is 0 Å². The summed E-state index contributed by atoms with van der Waals surface area (Å²) < 4.78 is 0. The largest absolute Gasteiger partial charge is 0.367 e. The zero-order valence-electron chi connectivity index (χ0n) is 12.8. The van der Waals surface area contributed by atoms with E-state index in [0.717, 1.165) is 31.0 Å². The van der Waals surface area contributed by atoms with E-state index in [2.05, 4.69) is 50.7 Å². The first-order valence-corrected chi connectivity index (χ1v) is 7.93. The minimum Gasteiger partial charge on any atom is -0.367 e. The van der Waals surface area contributed by atoms with Crippen LogP contribution in [0.3, 0.4) is 0 Å². The molecule has 2 aromatic rings. The van der Waals surface area contributed by atoms with Crippen molar-refractivity contribution < 1.29 is 0 Å². The molecular formula is C17H21N5. The summed E-state index contributed by atoms with van der Waals surface area (Å²) in [6.07, 6.45) is 5.39. The van der Waals surface area contributed by atoms with Crippen molar-refractivity contribution in [3.63, 3.8) is 0 Å². The van der Waals surface area contributed by atoms with Crippen LogP contribution in [0.15, 0.2) is 30.5 Å². The van der Waals surface area contributed by atoms with Gasteiger partial charge in [-0.3, -0.25) is 0 Å². The Hall–Kier alpha value is -2.14. The Morgan fingerprint density at radius 2 is 2.09 bits per heavy atom. The van der Waals surface area contributed by atoms with Crippen molar-refractivity contribution in [2.45, 2.75) is 31.8 Å². The fourth-order valence-electron chi connectivity index (χ4n) is 2.84. The molecule has 1 fully saturated rings. The van der Waals surface area contributed by atoms with E-state index in [4.69, 9.17) is 0 Å². The van der Waals surface area contributed by atoms with Gasteiger partial charge in [-0.2, -0.15) is 4.98 Å². The van der Waals surface area contributed by atoms with Crippen molar-refractivity contribution >= 4 is 17.5 Å². The van der Waals surface area contributed by atoms with E-state index in [9.17, 15) is 0 Å². The molecule has 2 aliphatic rings. The summed E-state index contributed by atoms with van der Waals surface area (Å²) in [4.78, 5) is 11.2. The molecule has 0 unspecified atom stereocenters. The number of likely N-dealkylation sites (N-methyl/N-ethyl adjacent to an activating group) is 1. The van der Waals surface area contributed by atoms with Crippen LogP contribution in [0, 0.1) is 0 Å². The molecule has 0 spiro atoms. The summed E-state index contributed by atoms with van der Waals surface area (Å²) in [5, 5.41) is 6.72. The lowest BCUT2D eigenvalue weighted by Crippen LogP contribution is -2.26. The van der Waals surface area contributed by atoms with Crippen LogP contribution in [0.1, 0.15) is 24.0 Å². The second-order valence-corrected chi connectivity index (χ2v) is 6.28. The topological polar surface area (TPSA) is 53.1 Å². The average Bonchev–Trinajstić information content (AvgIpc) is 3.32. The first kappa shape index (κ1) is 13.5. The van der Waals surface area contributed by atoms with Crippen molar-refractivity contribution in [1.29, 1.82) is 0 Å². The maximum atomic E-state index is 4.53. The third-order valence-electron chi connectivity index (χ3n) is 4.25. The second-order valence-electron chi connectivity index (χ2n) is 6.28. The third kappa shape index (κ3) is 3.04. The van der Waals surface area contributed by atoms with Gasteiger partial charge in [-0.05, 0) is 55.6 Å². The Morgan fingerprint density at radius 1 is 1.18 bits per heavy atom. The molecule has 1 saturated carbocycles. The van der Waals surface area contributed by atoms with Crippen LogP contribution < -0.4 is 10.6 Å². The van der Waals surface area contributed by atoms with Crippen LogP contribution in [0.5, 0.6) is 0 Å². The van der Waals surface area contributed by atoms with Gasteiger partial charge in [0.2, 0.25) is 5.95 Å². The SMILES string of the molecule is CN1CCc2cc(Nc3nccc(NC4CC4)n3)ccc2C1. The molecule has 1 aromatic carbocycles. The summed E-state index contributed by atoms with van der Waals surface area (Å²) in [6.45, 7) is 2.15. The molecule has 2 N–H and O–H groups in total. The molecule has 5 heteroatoms. The lowest BCUT2D eigenvalue weighted by atomic mass is 9.99. The highest BCUT2D eigenvalue weighted by Gasteiger charge is 2.21. The molecule has 4 rings (SSSR count). The zero-order chi connectivity index (χ0) is 14.9. The summed E-state index contributed by atoms with van der Waals surface area (Å²) in [5.41, 5.74) is 3.91. The number of fused-ring (bicyclic) bond motifs is 1. The van der Waals surface area contributed by atoms with Gasteiger partial charge in [0.05, 0.1) is 0 Å². The lowest BCUT2D eigenvalue weighted by molar-refractivity contribution is 0.313. The first-order valence-electron chi connectivity index (χ1n) is 7.93. The minimum atomic E-state index is 0.600. The van der Waals surface area contributed by atoms with E-state index in [0.29, 0.717) is 12.0 Å². The van der Waals surface area contributed by atoms with Crippen molar-refractivity contribution in [3.8, 4) is 0 Å². The summed E-state index contributed by atoms with van der Waals surface area (Å²) in [6, 6.07) is 9.07. The Morgan fingerprint density at radius 3 is 2.95 bits per heavy atom. The van der Waals surface area contributed by atoms with Gasteiger partial charge < -0.3 is 15.5 Å². The zero-order valence-corrected chi connectivity index (χ0v) is 12.8. The average molecular weight is 295 g/mol. The van der Waals surface area contributed by atoms with Crippen molar-refractivity contribution in [2.75, 3.05) is 24.2 Å². The second kappa shape index (κ2) is 5.57. The highest BCUT2D eigenvalue weighted by Crippen LogP contribution is 2.25. The van der Waals surface area contributed by atoms with Crippen LogP contribution >= 0.6 is 0 Å². The Labute approximate surface area is 130 Å². The van der Waals surface area contributed by atoms with E-state index in [-0.39, 0.29) is 0 Å². The molecule has 22 heavy (non-hydrogen) atoms. The molecule has 1 aliphatic heterocycles. The molecule has 0 saturated heterocycles. The van der Waals surface area contributed by atoms with Gasteiger partial charge in [0, 0.05) is 31.0 Å². The number of rotatable bonds is 4. The molecule has 0 amide bonds. The molecule has 114 valence electrons. The van der Waals surface area contributed by atoms with Crippen LogP contribution in [-0.2, 0) is 13.0 Å². The fourth-order valence-corrected chi connectivity index (χ4v) is 2.84. The smallest absolute Gasteiger partial charge is 0.229 e. The van der Waals surface area contributed by atoms with Gasteiger partial charge >= 0.3 is 0 Å². The van der Waals surface area contributed by atoms with E-state index in [1.807, 2.05) is 6.07 Å². The minimum absolute atomic E-state index is 0.600. The maximum Gasteiger partial charge on any atom is 0.229 e. The predicted octanol–water partition coefficient (Wildman–Crippen LogP) is 2.78. The lowest BCUT2D eigenvalue weighted by Gasteiger charge is -2.25. The van der Waals surface area contributed by atoms with Crippen molar-refractivity contribution in [3.05, 3.63) is 41.6 Å². The Kier molecular flexibility index (Phi) is 3.42. The monoisotopic (exact) mass is 295 g/mol. The number of hydrogen-bond donors (Lipinski definition) is 2. The quantitative estimate of drug-likeness (QED) is 0.908. The standard InChI is InChI=1S/C17H21N5/c1-22-9-7-12-10-15(3-2-13(12)11-22)20-17-18-8-6-16(21-17)19-14-4-5-14/h2-3,6,8,10,14H,4-5,7,9,11H2,1H3,(H2,18,19,20,21). The van der Waals surface area contributed by atoms with Gasteiger partial charge in [0.25, 0.3) is 0 Å². The number of nitrogens with one attached hydrogen (secondary N) is 2. The van der Waals surface area contributed by atoms with E-state index in [1.54, 1.807) is 6.20 Å². The highest BCUT2D eigenvalue weighted by molar-refractivity contribution is 5.57. The number of anilines is 3. The van der Waals surface area contributed by atoms with Gasteiger partial charge in [-0.25, -0.2) is 4.98 Å². The molecule has 0 bridgehead atoms. The fraction of sp³-hybridized carbons (Fsp3) is 0.412. The van der Waals surface area contributed by atoms with Gasteiger partial charge in [0.1, 0.15) is 5.82 Å². The number of aromatic nitrogens is 2. The van der Waals surface area contributed by atoms with E-state index >= 15 is 0 Å². The van der Waals surface area contributed by atoms with Gasteiger partial charge in [-0.15, -0.1) is 0 Å². The number of nitrogens with zero attached hydrogens (tertiary/aromatic N) is 3. The predicted molar refractivity (Wildman–Crippen MR) is 88.4 cm³/mol. The Bertz CT molecular complexity index is 680. The highest BCUT2D eigenvalue weighted by atomic mass is 15.2.